The van der Waals surface area contributed by atoms with E-state index >= 15 is 0 Å². The van der Waals surface area contributed by atoms with E-state index in [1.165, 1.54) is 12.8 Å². The zero-order valence-corrected chi connectivity index (χ0v) is 11.9. The minimum Gasteiger partial charge on any atom is -0.481 e. The first-order valence-electron chi connectivity index (χ1n) is 6.75. The lowest BCUT2D eigenvalue weighted by Gasteiger charge is -2.16. The molecular formula is C14H24N2O2. The molecule has 0 atom stereocenters. The van der Waals surface area contributed by atoms with E-state index in [2.05, 4.69) is 20.8 Å². The molecule has 1 aliphatic rings. The first-order chi connectivity index (χ1) is 8.49. The predicted octanol–water partition coefficient (Wildman–Crippen LogP) is 2.80. The Morgan fingerprint density at radius 3 is 2.39 bits per heavy atom. The maximum absolute atomic E-state index is 9.62. The van der Waals surface area contributed by atoms with Gasteiger partial charge in [-0.2, -0.15) is 5.10 Å². The van der Waals surface area contributed by atoms with Crippen molar-refractivity contribution in [2.24, 2.45) is 0 Å². The van der Waals surface area contributed by atoms with Crippen LogP contribution in [0.3, 0.4) is 0 Å². The third-order valence-electron chi connectivity index (χ3n) is 3.69. The Hall–Kier alpha value is -1.03. The van der Waals surface area contributed by atoms with E-state index in [1.54, 1.807) is 7.11 Å². The Labute approximate surface area is 109 Å². The van der Waals surface area contributed by atoms with E-state index in [0.29, 0.717) is 6.04 Å². The highest BCUT2D eigenvalue weighted by atomic mass is 16.5. The Kier molecular flexibility index (Phi) is 3.66. The van der Waals surface area contributed by atoms with Crippen molar-refractivity contribution in [1.82, 2.24) is 9.78 Å². The van der Waals surface area contributed by atoms with E-state index in [4.69, 9.17) is 9.84 Å². The van der Waals surface area contributed by atoms with E-state index < -0.39 is 0 Å². The number of methoxy groups -OCH3 is 1. The molecule has 0 spiro atoms. The molecule has 1 N–H and O–H groups in total. The van der Waals surface area contributed by atoms with Crippen LogP contribution in [0.1, 0.15) is 63.8 Å². The van der Waals surface area contributed by atoms with Crippen molar-refractivity contribution < 1.29 is 9.84 Å². The average molecular weight is 252 g/mol. The van der Waals surface area contributed by atoms with Crippen molar-refractivity contribution in [1.29, 1.82) is 0 Å². The van der Waals surface area contributed by atoms with Gasteiger partial charge in [0.1, 0.15) is 0 Å². The molecule has 1 aromatic rings. The molecule has 0 radical (unpaired) electrons. The summed E-state index contributed by atoms with van der Waals surface area (Å²) in [5.74, 6) is 0.745. The molecule has 0 bridgehead atoms. The maximum atomic E-state index is 9.62. The Morgan fingerprint density at radius 2 is 1.94 bits per heavy atom. The lowest BCUT2D eigenvalue weighted by molar-refractivity contribution is 0.265. The molecule has 18 heavy (non-hydrogen) atoms. The molecule has 1 fully saturated rings. The molecule has 0 aromatic carbocycles. The molecule has 0 amide bonds. The molecule has 1 heterocycles. The van der Waals surface area contributed by atoms with E-state index in [9.17, 15) is 5.11 Å². The second-order valence-corrected chi connectivity index (χ2v) is 6.13. The molecule has 4 nitrogen and oxygen atoms in total. The van der Waals surface area contributed by atoms with Gasteiger partial charge in [-0.25, -0.2) is 4.68 Å². The predicted molar refractivity (Wildman–Crippen MR) is 70.9 cm³/mol. The van der Waals surface area contributed by atoms with Crippen molar-refractivity contribution >= 4 is 0 Å². The molecule has 102 valence electrons. The molecule has 0 saturated heterocycles. The van der Waals surface area contributed by atoms with E-state index in [-0.39, 0.29) is 12.0 Å². The molecule has 2 rings (SSSR count). The van der Waals surface area contributed by atoms with Gasteiger partial charge >= 0.3 is 0 Å². The normalized spacial score (nSPS) is 17.4. The molecule has 1 saturated carbocycles. The van der Waals surface area contributed by atoms with Crippen molar-refractivity contribution in [2.75, 3.05) is 7.11 Å². The van der Waals surface area contributed by atoms with Crippen LogP contribution in [0.15, 0.2) is 0 Å². The number of hydrogen-bond donors (Lipinski definition) is 1. The van der Waals surface area contributed by atoms with Gasteiger partial charge in [0, 0.05) is 5.41 Å². The van der Waals surface area contributed by atoms with Gasteiger partial charge in [-0.15, -0.1) is 0 Å². The summed E-state index contributed by atoms with van der Waals surface area (Å²) >= 11 is 0. The van der Waals surface area contributed by atoms with Gasteiger partial charge in [0.25, 0.3) is 0 Å². The molecule has 1 aromatic heterocycles. The van der Waals surface area contributed by atoms with E-state index in [0.717, 1.165) is 30.0 Å². The fourth-order valence-corrected chi connectivity index (χ4v) is 2.81. The van der Waals surface area contributed by atoms with Crippen LogP contribution < -0.4 is 4.74 Å². The average Bonchev–Trinajstić information content (AvgIpc) is 2.93. The number of aromatic nitrogens is 2. The number of nitrogens with zero attached hydrogens (tertiary/aromatic N) is 2. The summed E-state index contributed by atoms with van der Waals surface area (Å²) in [5, 5.41) is 14.4. The third kappa shape index (κ3) is 2.26. The summed E-state index contributed by atoms with van der Waals surface area (Å²) in [5.41, 5.74) is 1.72. The Balaban J connectivity index is 2.49. The zero-order valence-electron chi connectivity index (χ0n) is 11.9. The quantitative estimate of drug-likeness (QED) is 0.899. The lowest BCUT2D eigenvalue weighted by atomic mass is 9.89. The van der Waals surface area contributed by atoms with Gasteiger partial charge in [0.05, 0.1) is 31.0 Å². The van der Waals surface area contributed by atoms with Gasteiger partial charge < -0.3 is 9.84 Å². The van der Waals surface area contributed by atoms with Crippen molar-refractivity contribution in [3.8, 4) is 5.88 Å². The first-order valence-corrected chi connectivity index (χ1v) is 6.75. The van der Waals surface area contributed by atoms with Crippen LogP contribution in [0.25, 0.3) is 0 Å². The second-order valence-electron chi connectivity index (χ2n) is 6.13. The fourth-order valence-electron chi connectivity index (χ4n) is 2.81. The summed E-state index contributed by atoms with van der Waals surface area (Å²) in [6.45, 7) is 6.34. The smallest absolute Gasteiger partial charge is 0.217 e. The minimum absolute atomic E-state index is 0.0114. The van der Waals surface area contributed by atoms with Gasteiger partial charge in [-0.05, 0) is 12.8 Å². The highest BCUT2D eigenvalue weighted by molar-refractivity contribution is 5.35. The molecule has 4 heteroatoms. The van der Waals surface area contributed by atoms with Crippen LogP contribution in [-0.2, 0) is 12.0 Å². The fraction of sp³-hybridized carbons (Fsp3) is 0.786. The van der Waals surface area contributed by atoms with Crippen LogP contribution in [0.2, 0.25) is 0 Å². The van der Waals surface area contributed by atoms with Crippen LogP contribution in [0.4, 0.5) is 0 Å². The number of aliphatic hydroxyl groups excluding tert-OH is 1. The molecule has 1 aliphatic carbocycles. The van der Waals surface area contributed by atoms with Gasteiger partial charge in [0.15, 0.2) is 0 Å². The number of hydrogen-bond acceptors (Lipinski definition) is 3. The highest BCUT2D eigenvalue weighted by Gasteiger charge is 2.30. The van der Waals surface area contributed by atoms with Crippen LogP contribution >= 0.6 is 0 Å². The topological polar surface area (TPSA) is 47.3 Å². The van der Waals surface area contributed by atoms with E-state index in [1.807, 2.05) is 4.68 Å². The molecule has 0 unspecified atom stereocenters. The van der Waals surface area contributed by atoms with Crippen molar-refractivity contribution in [3.63, 3.8) is 0 Å². The zero-order chi connectivity index (χ0) is 13.3. The monoisotopic (exact) mass is 252 g/mol. The summed E-state index contributed by atoms with van der Waals surface area (Å²) in [7, 11) is 1.66. The second kappa shape index (κ2) is 4.92. The minimum atomic E-state index is -0.0742. The maximum Gasteiger partial charge on any atom is 0.217 e. The third-order valence-corrected chi connectivity index (χ3v) is 3.69. The summed E-state index contributed by atoms with van der Waals surface area (Å²) in [6, 6.07) is 0.432. The Morgan fingerprint density at radius 1 is 1.33 bits per heavy atom. The number of ether oxygens (including phenoxy) is 1. The van der Waals surface area contributed by atoms with Crippen LogP contribution in [0.5, 0.6) is 5.88 Å². The van der Waals surface area contributed by atoms with Crippen LogP contribution in [-0.4, -0.2) is 22.0 Å². The summed E-state index contributed by atoms with van der Waals surface area (Å²) < 4.78 is 7.50. The van der Waals surface area contributed by atoms with Crippen molar-refractivity contribution in [2.45, 2.75) is 64.5 Å². The Bertz CT molecular complexity index is 412. The first kappa shape index (κ1) is 13.4. The standard InChI is InChI=1S/C14H24N2O2/c1-14(2,3)12-11(9-17)13(18-4)16(15-12)10-7-5-6-8-10/h10,17H,5-9H2,1-4H3. The largest absolute Gasteiger partial charge is 0.481 e. The molecular weight excluding hydrogens is 228 g/mol. The van der Waals surface area contributed by atoms with Gasteiger partial charge in [-0.1, -0.05) is 33.6 Å². The molecule has 0 aliphatic heterocycles. The van der Waals surface area contributed by atoms with Gasteiger partial charge in [0.2, 0.25) is 5.88 Å². The summed E-state index contributed by atoms with van der Waals surface area (Å²) in [6.07, 6.45) is 4.83. The lowest BCUT2D eigenvalue weighted by Crippen LogP contribution is -2.15. The van der Waals surface area contributed by atoms with Crippen molar-refractivity contribution in [3.05, 3.63) is 11.3 Å². The van der Waals surface area contributed by atoms with Crippen LogP contribution in [0, 0.1) is 0 Å². The van der Waals surface area contributed by atoms with Gasteiger partial charge in [-0.3, -0.25) is 0 Å². The number of rotatable bonds is 3. The summed E-state index contributed by atoms with van der Waals surface area (Å²) in [4.78, 5) is 0. The SMILES string of the molecule is COc1c(CO)c(C(C)(C)C)nn1C1CCCC1. The number of aliphatic hydroxyl groups is 1. The highest BCUT2D eigenvalue weighted by Crippen LogP contribution is 2.38.